The minimum atomic E-state index is -0.508. The van der Waals surface area contributed by atoms with Gasteiger partial charge in [-0.25, -0.2) is 9.78 Å². The number of carbonyl (C=O) groups excluding carboxylic acids is 1. The van der Waals surface area contributed by atoms with Crippen LogP contribution in [0.15, 0.2) is 42.5 Å². The van der Waals surface area contributed by atoms with E-state index >= 15 is 0 Å². The van der Waals surface area contributed by atoms with Crippen LogP contribution in [0.2, 0.25) is 10.0 Å². The molecule has 1 aliphatic rings. The van der Waals surface area contributed by atoms with Crippen LogP contribution in [0.5, 0.6) is 0 Å². The third-order valence-corrected chi connectivity index (χ3v) is 6.22. The van der Waals surface area contributed by atoms with E-state index in [0.29, 0.717) is 29.7 Å². The molecule has 0 radical (unpaired) electrons. The van der Waals surface area contributed by atoms with Crippen LogP contribution in [-0.4, -0.2) is 45.3 Å². The number of halogens is 2. The van der Waals surface area contributed by atoms with Crippen LogP contribution in [0.3, 0.4) is 0 Å². The molecule has 1 N–H and O–H groups in total. The smallest absolute Gasteiger partial charge is 0.410 e. The fourth-order valence-electron chi connectivity index (χ4n) is 4.01. The first-order valence-electron chi connectivity index (χ1n) is 10.8. The van der Waals surface area contributed by atoms with Crippen LogP contribution in [-0.2, 0) is 11.3 Å². The number of anilines is 1. The Bertz CT molecular complexity index is 1120. The minimum Gasteiger partial charge on any atom is -0.444 e. The molecule has 0 spiro atoms. The maximum absolute atomic E-state index is 12.6. The molecule has 1 amide bonds. The predicted molar refractivity (Wildman–Crippen MR) is 130 cm³/mol. The van der Waals surface area contributed by atoms with Gasteiger partial charge >= 0.3 is 6.09 Å². The van der Waals surface area contributed by atoms with E-state index < -0.39 is 5.60 Å². The lowest BCUT2D eigenvalue weighted by Crippen LogP contribution is -2.42. The second kappa shape index (κ2) is 9.20. The van der Waals surface area contributed by atoms with Crippen LogP contribution in [0, 0.1) is 0 Å². The highest BCUT2D eigenvalue weighted by molar-refractivity contribution is 6.42. The summed E-state index contributed by atoms with van der Waals surface area (Å²) in [7, 11) is 0. The third kappa shape index (κ3) is 5.13. The Balaban J connectivity index is 1.54. The molecule has 1 unspecified atom stereocenters. The van der Waals surface area contributed by atoms with Crippen molar-refractivity contribution in [3.8, 4) is 0 Å². The Morgan fingerprint density at radius 2 is 1.97 bits per heavy atom. The molecule has 1 fully saturated rings. The summed E-state index contributed by atoms with van der Waals surface area (Å²) >= 11 is 12.3. The first-order chi connectivity index (χ1) is 15.2. The summed E-state index contributed by atoms with van der Waals surface area (Å²) in [6.45, 7) is 7.57. The number of hydrogen-bond acceptors (Lipinski definition) is 4. The van der Waals surface area contributed by atoms with Gasteiger partial charge in [0.05, 0.1) is 33.7 Å². The molecule has 0 aliphatic carbocycles. The molecule has 0 saturated carbocycles. The molecule has 2 heterocycles. The minimum absolute atomic E-state index is 0.0584. The SMILES string of the molecule is CC(C)(C)OC(=O)N1CCCC1CNc1nc2ccccc2n1Cc1ccc(Cl)c(Cl)c1. The molecule has 2 aromatic carbocycles. The number of benzene rings is 2. The van der Waals surface area contributed by atoms with Crippen molar-refractivity contribution in [2.75, 3.05) is 18.4 Å². The zero-order chi connectivity index (χ0) is 22.9. The van der Waals surface area contributed by atoms with Crippen LogP contribution >= 0.6 is 23.2 Å². The number of likely N-dealkylation sites (tertiary alicyclic amines) is 1. The molecule has 170 valence electrons. The average molecular weight is 475 g/mol. The zero-order valence-electron chi connectivity index (χ0n) is 18.6. The van der Waals surface area contributed by atoms with Crippen molar-refractivity contribution in [1.82, 2.24) is 14.5 Å². The summed E-state index contributed by atoms with van der Waals surface area (Å²) in [5.74, 6) is 0.758. The van der Waals surface area contributed by atoms with Crippen molar-refractivity contribution >= 4 is 46.3 Å². The highest BCUT2D eigenvalue weighted by atomic mass is 35.5. The predicted octanol–water partition coefficient (Wildman–Crippen LogP) is 6.20. The van der Waals surface area contributed by atoms with E-state index in [1.54, 1.807) is 0 Å². The Hall–Kier alpha value is -2.44. The number of nitrogens with one attached hydrogen (secondary N) is 1. The lowest BCUT2D eigenvalue weighted by molar-refractivity contribution is 0.0235. The molecule has 3 aromatic rings. The monoisotopic (exact) mass is 474 g/mol. The van der Waals surface area contributed by atoms with Gasteiger partial charge < -0.3 is 19.5 Å². The van der Waals surface area contributed by atoms with Crippen molar-refractivity contribution in [3.63, 3.8) is 0 Å². The molecular formula is C24H28Cl2N4O2. The van der Waals surface area contributed by atoms with Gasteiger partial charge in [0.25, 0.3) is 0 Å². The number of nitrogens with zero attached hydrogens (tertiary/aromatic N) is 3. The fraction of sp³-hybridized carbons (Fsp3) is 0.417. The van der Waals surface area contributed by atoms with E-state index in [9.17, 15) is 4.79 Å². The van der Waals surface area contributed by atoms with Gasteiger partial charge in [-0.2, -0.15) is 0 Å². The number of rotatable bonds is 5. The van der Waals surface area contributed by atoms with Crippen LogP contribution in [0.1, 0.15) is 39.2 Å². The standard InChI is InChI=1S/C24H28Cl2N4O2/c1-24(2,3)32-23(31)29-12-6-7-17(29)14-27-22-28-20-8-4-5-9-21(20)30(22)15-16-10-11-18(25)19(26)13-16/h4-5,8-11,13,17H,6-7,12,14-15H2,1-3H3,(H,27,28). The second-order valence-corrected chi connectivity index (χ2v) is 9.92. The van der Waals surface area contributed by atoms with Crippen LogP contribution in [0.25, 0.3) is 11.0 Å². The number of ether oxygens (including phenoxy) is 1. The first kappa shape index (κ1) is 22.7. The van der Waals surface area contributed by atoms with E-state index in [1.165, 1.54) is 0 Å². The van der Waals surface area contributed by atoms with Crippen molar-refractivity contribution in [2.45, 2.75) is 51.8 Å². The Morgan fingerprint density at radius 3 is 2.72 bits per heavy atom. The van der Waals surface area contributed by atoms with Gasteiger partial charge in [-0.1, -0.05) is 41.4 Å². The zero-order valence-corrected chi connectivity index (χ0v) is 20.1. The van der Waals surface area contributed by atoms with Gasteiger partial charge in [-0.05, 0) is 63.4 Å². The first-order valence-corrected chi connectivity index (χ1v) is 11.6. The third-order valence-electron chi connectivity index (χ3n) is 5.48. The van der Waals surface area contributed by atoms with Gasteiger partial charge in [0.2, 0.25) is 5.95 Å². The van der Waals surface area contributed by atoms with Crippen LogP contribution < -0.4 is 5.32 Å². The Morgan fingerprint density at radius 1 is 1.19 bits per heavy atom. The summed E-state index contributed by atoms with van der Waals surface area (Å²) in [5.41, 5.74) is 2.45. The molecule has 6 nitrogen and oxygen atoms in total. The molecular weight excluding hydrogens is 447 g/mol. The van der Waals surface area contributed by atoms with Crippen molar-refractivity contribution in [3.05, 3.63) is 58.1 Å². The van der Waals surface area contributed by atoms with Gasteiger partial charge in [-0.3, -0.25) is 0 Å². The van der Waals surface area contributed by atoms with Gasteiger partial charge in [0.1, 0.15) is 5.60 Å². The molecule has 8 heteroatoms. The topological polar surface area (TPSA) is 59.4 Å². The molecule has 1 aromatic heterocycles. The number of hydrogen-bond donors (Lipinski definition) is 1. The fourth-order valence-corrected chi connectivity index (χ4v) is 4.33. The van der Waals surface area contributed by atoms with E-state index in [0.717, 1.165) is 35.4 Å². The van der Waals surface area contributed by atoms with E-state index in [2.05, 4.69) is 9.88 Å². The Labute approximate surface area is 198 Å². The molecule has 0 bridgehead atoms. The van der Waals surface area contributed by atoms with Crippen molar-refractivity contribution in [1.29, 1.82) is 0 Å². The summed E-state index contributed by atoms with van der Waals surface area (Å²) in [6.07, 6.45) is 1.64. The van der Waals surface area contributed by atoms with Gasteiger partial charge in [-0.15, -0.1) is 0 Å². The summed E-state index contributed by atoms with van der Waals surface area (Å²) < 4.78 is 7.72. The molecule has 1 saturated heterocycles. The molecule has 32 heavy (non-hydrogen) atoms. The van der Waals surface area contributed by atoms with Crippen molar-refractivity contribution < 1.29 is 9.53 Å². The van der Waals surface area contributed by atoms with E-state index in [4.69, 9.17) is 32.9 Å². The normalized spacial score (nSPS) is 16.5. The lowest BCUT2D eigenvalue weighted by atomic mass is 10.2. The highest BCUT2D eigenvalue weighted by Crippen LogP contribution is 2.27. The largest absolute Gasteiger partial charge is 0.444 e. The molecule has 4 rings (SSSR count). The summed E-state index contributed by atoms with van der Waals surface area (Å²) in [5, 5.41) is 4.55. The summed E-state index contributed by atoms with van der Waals surface area (Å²) in [4.78, 5) is 19.2. The number of aromatic nitrogens is 2. The average Bonchev–Trinajstić information content (AvgIpc) is 3.33. The van der Waals surface area contributed by atoms with E-state index in [1.807, 2.05) is 68.1 Å². The number of imidazole rings is 1. The Kier molecular flexibility index (Phi) is 6.54. The lowest BCUT2D eigenvalue weighted by Gasteiger charge is -2.28. The van der Waals surface area contributed by atoms with Crippen molar-refractivity contribution in [2.24, 2.45) is 0 Å². The summed E-state index contributed by atoms with van der Waals surface area (Å²) in [6, 6.07) is 13.7. The van der Waals surface area contributed by atoms with Gasteiger partial charge in [0, 0.05) is 13.1 Å². The number of carbonyl (C=O) groups is 1. The highest BCUT2D eigenvalue weighted by Gasteiger charge is 2.32. The maximum atomic E-state index is 12.6. The van der Waals surface area contributed by atoms with E-state index in [-0.39, 0.29) is 12.1 Å². The number of fused-ring (bicyclic) bond motifs is 1. The number of amides is 1. The maximum Gasteiger partial charge on any atom is 0.410 e. The van der Waals surface area contributed by atoms with Crippen LogP contribution in [0.4, 0.5) is 10.7 Å². The van der Waals surface area contributed by atoms with Gasteiger partial charge in [0.15, 0.2) is 0 Å². The molecule has 1 aliphatic heterocycles. The molecule has 1 atom stereocenters. The second-order valence-electron chi connectivity index (χ2n) is 9.11. The quantitative estimate of drug-likeness (QED) is 0.477. The number of para-hydroxylation sites is 2.